The number of hydrogen-bond acceptors (Lipinski definition) is 4. The minimum absolute atomic E-state index is 0.644. The van der Waals surface area contributed by atoms with Crippen molar-refractivity contribution in [2.24, 2.45) is 0 Å². The minimum Gasteiger partial charge on any atom is -0.456 e. The third kappa shape index (κ3) is 2.64. The fourth-order valence-corrected chi connectivity index (χ4v) is 3.52. The van der Waals surface area contributed by atoms with Gasteiger partial charge in [-0.1, -0.05) is 54.6 Å². The number of furan rings is 1. The molecule has 2 heterocycles. The molecule has 0 aliphatic carbocycles. The molecule has 124 valence electrons. The van der Waals surface area contributed by atoms with Gasteiger partial charge in [0.1, 0.15) is 11.2 Å². The lowest BCUT2D eigenvalue weighted by Crippen LogP contribution is -1.99. The molecule has 0 amide bonds. The standard InChI is InChI=1S/C21H12IN3O/c22-21-24-19(13-6-2-1-3-7-13)23-20(25-21)14-10-11-16-15-8-4-5-9-17(15)26-18(16)12-14/h1-12H. The molecule has 0 saturated heterocycles. The number of rotatable bonds is 2. The molecular formula is C21H12IN3O. The van der Waals surface area contributed by atoms with Crippen molar-refractivity contribution < 1.29 is 4.42 Å². The molecule has 0 aliphatic heterocycles. The van der Waals surface area contributed by atoms with Crippen molar-refractivity contribution in [2.45, 2.75) is 0 Å². The van der Waals surface area contributed by atoms with Crippen molar-refractivity contribution in [1.82, 2.24) is 15.0 Å². The summed E-state index contributed by atoms with van der Waals surface area (Å²) in [5.41, 5.74) is 3.60. The van der Waals surface area contributed by atoms with Crippen LogP contribution in [0.1, 0.15) is 0 Å². The zero-order valence-electron chi connectivity index (χ0n) is 13.6. The zero-order valence-corrected chi connectivity index (χ0v) is 15.7. The summed E-state index contributed by atoms with van der Waals surface area (Å²) in [6, 6.07) is 24.1. The Morgan fingerprint density at radius 1 is 0.615 bits per heavy atom. The van der Waals surface area contributed by atoms with E-state index in [0.29, 0.717) is 15.5 Å². The molecule has 0 atom stereocenters. The Labute approximate surface area is 163 Å². The lowest BCUT2D eigenvalue weighted by Gasteiger charge is -2.05. The van der Waals surface area contributed by atoms with Gasteiger partial charge in [-0.25, -0.2) is 15.0 Å². The fourth-order valence-electron chi connectivity index (χ4n) is 3.06. The van der Waals surface area contributed by atoms with Crippen LogP contribution in [0.25, 0.3) is 44.7 Å². The summed E-state index contributed by atoms with van der Waals surface area (Å²) in [5, 5.41) is 2.21. The van der Waals surface area contributed by atoms with Crippen molar-refractivity contribution in [2.75, 3.05) is 0 Å². The summed E-state index contributed by atoms with van der Waals surface area (Å²) in [6.07, 6.45) is 0. The number of hydrogen-bond donors (Lipinski definition) is 0. The summed E-state index contributed by atoms with van der Waals surface area (Å²) < 4.78 is 6.65. The Morgan fingerprint density at radius 3 is 2.15 bits per heavy atom. The van der Waals surface area contributed by atoms with E-state index in [1.807, 2.05) is 60.7 Å². The molecule has 26 heavy (non-hydrogen) atoms. The second-order valence-electron chi connectivity index (χ2n) is 5.93. The van der Waals surface area contributed by atoms with Gasteiger partial charge < -0.3 is 4.42 Å². The van der Waals surface area contributed by atoms with E-state index in [-0.39, 0.29) is 0 Å². The first kappa shape index (κ1) is 15.5. The highest BCUT2D eigenvalue weighted by Gasteiger charge is 2.12. The molecule has 2 aromatic heterocycles. The second kappa shape index (κ2) is 6.17. The van der Waals surface area contributed by atoms with Gasteiger partial charge in [0, 0.05) is 44.5 Å². The van der Waals surface area contributed by atoms with E-state index >= 15 is 0 Å². The zero-order chi connectivity index (χ0) is 17.5. The maximum absolute atomic E-state index is 5.99. The first-order valence-electron chi connectivity index (χ1n) is 8.16. The topological polar surface area (TPSA) is 51.8 Å². The highest BCUT2D eigenvalue weighted by atomic mass is 127. The third-order valence-corrected chi connectivity index (χ3v) is 4.76. The Hall–Kier alpha value is -2.80. The molecular weight excluding hydrogens is 437 g/mol. The van der Waals surface area contributed by atoms with Gasteiger partial charge in [-0.3, -0.25) is 0 Å². The van der Waals surface area contributed by atoms with Crippen LogP contribution in [0.2, 0.25) is 0 Å². The van der Waals surface area contributed by atoms with Crippen LogP contribution < -0.4 is 0 Å². The molecule has 0 unspecified atom stereocenters. The van der Waals surface area contributed by atoms with E-state index in [2.05, 4.69) is 49.7 Å². The SMILES string of the molecule is Ic1nc(-c2ccccc2)nc(-c2ccc3c(c2)oc2ccccc23)n1. The van der Waals surface area contributed by atoms with Crippen LogP contribution in [-0.4, -0.2) is 15.0 Å². The van der Waals surface area contributed by atoms with E-state index in [0.717, 1.165) is 33.1 Å². The van der Waals surface area contributed by atoms with Crippen LogP contribution in [0.5, 0.6) is 0 Å². The number of benzene rings is 3. The Morgan fingerprint density at radius 2 is 1.31 bits per heavy atom. The normalized spacial score (nSPS) is 11.3. The van der Waals surface area contributed by atoms with Crippen LogP contribution >= 0.6 is 22.6 Å². The van der Waals surface area contributed by atoms with E-state index < -0.39 is 0 Å². The molecule has 0 radical (unpaired) electrons. The van der Waals surface area contributed by atoms with Crippen molar-refractivity contribution in [3.05, 3.63) is 76.6 Å². The molecule has 0 bridgehead atoms. The van der Waals surface area contributed by atoms with Gasteiger partial charge >= 0.3 is 0 Å². The van der Waals surface area contributed by atoms with Gasteiger partial charge in [0.15, 0.2) is 15.5 Å². The lowest BCUT2D eigenvalue weighted by molar-refractivity contribution is 0.669. The molecule has 0 N–H and O–H groups in total. The van der Waals surface area contributed by atoms with E-state index in [9.17, 15) is 0 Å². The van der Waals surface area contributed by atoms with Crippen molar-refractivity contribution in [3.63, 3.8) is 0 Å². The third-order valence-electron chi connectivity index (χ3n) is 4.28. The summed E-state index contributed by atoms with van der Waals surface area (Å²) in [7, 11) is 0. The van der Waals surface area contributed by atoms with Crippen molar-refractivity contribution >= 4 is 44.5 Å². The van der Waals surface area contributed by atoms with Crippen LogP contribution in [-0.2, 0) is 0 Å². The highest BCUT2D eigenvalue weighted by Crippen LogP contribution is 2.31. The van der Waals surface area contributed by atoms with Crippen molar-refractivity contribution in [3.8, 4) is 22.8 Å². The molecule has 5 heteroatoms. The Balaban J connectivity index is 1.67. The maximum Gasteiger partial charge on any atom is 0.194 e. The molecule has 4 nitrogen and oxygen atoms in total. The fraction of sp³-hybridized carbons (Fsp3) is 0. The molecule has 5 rings (SSSR count). The number of para-hydroxylation sites is 1. The summed E-state index contributed by atoms with van der Waals surface area (Å²) >= 11 is 2.13. The Bertz CT molecular complexity index is 1250. The quantitative estimate of drug-likeness (QED) is 0.324. The van der Waals surface area contributed by atoms with Gasteiger partial charge in [0.25, 0.3) is 0 Å². The summed E-state index contributed by atoms with van der Waals surface area (Å²) in [6.45, 7) is 0. The number of fused-ring (bicyclic) bond motifs is 3. The molecule has 0 spiro atoms. The average Bonchev–Trinajstić information content (AvgIpc) is 3.06. The number of aromatic nitrogens is 3. The van der Waals surface area contributed by atoms with E-state index in [4.69, 9.17) is 4.42 Å². The van der Waals surface area contributed by atoms with Gasteiger partial charge in [-0.05, 0) is 18.2 Å². The summed E-state index contributed by atoms with van der Waals surface area (Å²) in [4.78, 5) is 13.6. The smallest absolute Gasteiger partial charge is 0.194 e. The number of halogens is 1. The van der Waals surface area contributed by atoms with Crippen molar-refractivity contribution in [1.29, 1.82) is 0 Å². The average molecular weight is 449 g/mol. The van der Waals surface area contributed by atoms with Gasteiger partial charge in [-0.15, -0.1) is 0 Å². The van der Waals surface area contributed by atoms with Gasteiger partial charge in [-0.2, -0.15) is 0 Å². The molecule has 0 fully saturated rings. The molecule has 0 saturated carbocycles. The first-order valence-corrected chi connectivity index (χ1v) is 9.24. The van der Waals surface area contributed by atoms with Crippen LogP contribution in [0.15, 0.2) is 77.2 Å². The lowest BCUT2D eigenvalue weighted by atomic mass is 10.1. The van der Waals surface area contributed by atoms with Crippen LogP contribution in [0, 0.1) is 3.83 Å². The monoisotopic (exact) mass is 449 g/mol. The number of nitrogens with zero attached hydrogens (tertiary/aromatic N) is 3. The highest BCUT2D eigenvalue weighted by molar-refractivity contribution is 14.1. The van der Waals surface area contributed by atoms with E-state index in [1.165, 1.54) is 0 Å². The predicted octanol–water partition coefficient (Wildman–Crippen LogP) is 5.71. The van der Waals surface area contributed by atoms with Crippen LogP contribution in [0.4, 0.5) is 0 Å². The summed E-state index contributed by atoms with van der Waals surface area (Å²) in [5.74, 6) is 1.32. The maximum atomic E-state index is 5.99. The largest absolute Gasteiger partial charge is 0.456 e. The van der Waals surface area contributed by atoms with Crippen LogP contribution in [0.3, 0.4) is 0 Å². The molecule has 0 aliphatic rings. The second-order valence-corrected chi connectivity index (χ2v) is 6.89. The molecule has 3 aromatic carbocycles. The van der Waals surface area contributed by atoms with Gasteiger partial charge in [0.05, 0.1) is 0 Å². The van der Waals surface area contributed by atoms with Gasteiger partial charge in [0.2, 0.25) is 0 Å². The van der Waals surface area contributed by atoms with E-state index in [1.54, 1.807) is 0 Å². The molecule has 5 aromatic rings. The minimum atomic E-state index is 0.644. The predicted molar refractivity (Wildman–Crippen MR) is 111 cm³/mol. The Kier molecular flexibility index (Phi) is 3.67. The first-order chi connectivity index (χ1) is 12.8.